The summed E-state index contributed by atoms with van der Waals surface area (Å²) < 4.78 is 4.37. The van der Waals surface area contributed by atoms with Gasteiger partial charge in [0.15, 0.2) is 0 Å². The van der Waals surface area contributed by atoms with Gasteiger partial charge in [0.2, 0.25) is 5.91 Å². The molecule has 13 heavy (non-hydrogen) atoms. The molecule has 0 unspecified atom stereocenters. The predicted molar refractivity (Wildman–Crippen MR) is 43.2 cm³/mol. The highest BCUT2D eigenvalue weighted by Gasteiger charge is 2.14. The standard InChI is InChI=1S/C7H12N2O4/c1-3-5(10)8-9-6(11)7(12)13-4-2/h3-4H2,1-2H3,(H,8,10)(H,9,11). The Morgan fingerprint density at radius 1 is 1.15 bits per heavy atom. The summed E-state index contributed by atoms with van der Waals surface area (Å²) in [6.45, 7) is 3.32. The van der Waals surface area contributed by atoms with Crippen molar-refractivity contribution in [2.24, 2.45) is 0 Å². The molecule has 0 radical (unpaired) electrons. The molecule has 0 aromatic carbocycles. The van der Waals surface area contributed by atoms with Crippen LogP contribution in [0, 0.1) is 0 Å². The Hall–Kier alpha value is -1.59. The van der Waals surface area contributed by atoms with Crippen LogP contribution in [-0.4, -0.2) is 24.4 Å². The summed E-state index contributed by atoms with van der Waals surface area (Å²) in [7, 11) is 0. The summed E-state index contributed by atoms with van der Waals surface area (Å²) in [6, 6.07) is 0. The molecule has 0 atom stereocenters. The van der Waals surface area contributed by atoms with Gasteiger partial charge in [-0.05, 0) is 6.92 Å². The first kappa shape index (κ1) is 11.4. The molecule has 0 saturated carbocycles. The van der Waals surface area contributed by atoms with Gasteiger partial charge in [0.1, 0.15) is 0 Å². The van der Waals surface area contributed by atoms with Crippen molar-refractivity contribution >= 4 is 17.8 Å². The van der Waals surface area contributed by atoms with Crippen LogP contribution in [0.4, 0.5) is 0 Å². The van der Waals surface area contributed by atoms with E-state index in [1.54, 1.807) is 13.8 Å². The van der Waals surface area contributed by atoms with Crippen molar-refractivity contribution < 1.29 is 19.1 Å². The van der Waals surface area contributed by atoms with Crippen molar-refractivity contribution in [1.82, 2.24) is 10.9 Å². The van der Waals surface area contributed by atoms with E-state index < -0.39 is 11.9 Å². The molecule has 0 heterocycles. The van der Waals surface area contributed by atoms with Gasteiger partial charge in [0.05, 0.1) is 6.61 Å². The third kappa shape index (κ3) is 4.78. The molecule has 0 aliphatic carbocycles. The number of amides is 2. The number of ether oxygens (including phenoxy) is 1. The number of hydrazine groups is 1. The Bertz CT molecular complexity index is 215. The van der Waals surface area contributed by atoms with Crippen LogP contribution < -0.4 is 10.9 Å². The minimum Gasteiger partial charge on any atom is -0.459 e. The van der Waals surface area contributed by atoms with Gasteiger partial charge in [-0.2, -0.15) is 0 Å². The van der Waals surface area contributed by atoms with Crippen LogP contribution in [0.25, 0.3) is 0 Å². The van der Waals surface area contributed by atoms with E-state index in [2.05, 4.69) is 4.74 Å². The number of hydrogen-bond acceptors (Lipinski definition) is 4. The van der Waals surface area contributed by atoms with E-state index >= 15 is 0 Å². The maximum atomic E-state index is 10.8. The van der Waals surface area contributed by atoms with Crippen LogP contribution in [0.1, 0.15) is 20.3 Å². The molecule has 0 bridgehead atoms. The van der Waals surface area contributed by atoms with Crippen LogP contribution in [-0.2, 0) is 19.1 Å². The fourth-order valence-corrected chi connectivity index (χ4v) is 0.463. The van der Waals surface area contributed by atoms with Gasteiger partial charge in [0, 0.05) is 6.42 Å². The lowest BCUT2D eigenvalue weighted by Crippen LogP contribution is -2.45. The fourth-order valence-electron chi connectivity index (χ4n) is 0.463. The molecular formula is C7H12N2O4. The number of hydrogen-bond donors (Lipinski definition) is 2. The number of rotatable bonds is 2. The Kier molecular flexibility index (Phi) is 5.25. The van der Waals surface area contributed by atoms with Crippen LogP contribution >= 0.6 is 0 Å². The molecule has 6 nitrogen and oxygen atoms in total. The van der Waals surface area contributed by atoms with Gasteiger partial charge in [-0.3, -0.25) is 20.4 Å². The molecule has 6 heteroatoms. The SMILES string of the molecule is CCOC(=O)C(=O)NNC(=O)CC. The Balaban J connectivity index is 3.74. The van der Waals surface area contributed by atoms with Crippen molar-refractivity contribution in [2.45, 2.75) is 20.3 Å². The summed E-state index contributed by atoms with van der Waals surface area (Å²) >= 11 is 0. The van der Waals surface area contributed by atoms with Gasteiger partial charge < -0.3 is 4.74 Å². The molecule has 74 valence electrons. The zero-order valence-electron chi connectivity index (χ0n) is 7.55. The van der Waals surface area contributed by atoms with Crippen LogP contribution in [0.2, 0.25) is 0 Å². The average Bonchev–Trinajstić information content (AvgIpc) is 2.13. The maximum Gasteiger partial charge on any atom is 0.398 e. The van der Waals surface area contributed by atoms with Gasteiger partial charge in [-0.15, -0.1) is 0 Å². The van der Waals surface area contributed by atoms with Crippen molar-refractivity contribution in [3.05, 3.63) is 0 Å². The normalized spacial score (nSPS) is 8.77. The van der Waals surface area contributed by atoms with Crippen molar-refractivity contribution in [1.29, 1.82) is 0 Å². The van der Waals surface area contributed by atoms with E-state index in [1.807, 2.05) is 10.9 Å². The molecule has 0 aromatic rings. The summed E-state index contributed by atoms with van der Waals surface area (Å²) in [5, 5.41) is 0. The zero-order chi connectivity index (χ0) is 10.3. The monoisotopic (exact) mass is 188 g/mol. The van der Waals surface area contributed by atoms with Crippen LogP contribution in [0.5, 0.6) is 0 Å². The molecule has 2 N–H and O–H groups in total. The molecule has 0 aliphatic rings. The first-order valence-electron chi connectivity index (χ1n) is 3.87. The Labute approximate surface area is 75.6 Å². The summed E-state index contributed by atoms with van der Waals surface area (Å²) in [5.41, 5.74) is 3.94. The molecule has 0 saturated heterocycles. The Morgan fingerprint density at radius 3 is 2.23 bits per heavy atom. The van der Waals surface area contributed by atoms with Crippen molar-refractivity contribution in [2.75, 3.05) is 6.61 Å². The number of carbonyl (C=O) groups excluding carboxylic acids is 3. The number of carbonyl (C=O) groups is 3. The van der Waals surface area contributed by atoms with Crippen molar-refractivity contribution in [3.63, 3.8) is 0 Å². The fraction of sp³-hybridized carbons (Fsp3) is 0.571. The van der Waals surface area contributed by atoms with Crippen LogP contribution in [0.15, 0.2) is 0 Å². The lowest BCUT2D eigenvalue weighted by Gasteiger charge is -2.04. The molecule has 0 fully saturated rings. The zero-order valence-corrected chi connectivity index (χ0v) is 7.55. The van der Waals surface area contributed by atoms with Gasteiger partial charge >= 0.3 is 11.9 Å². The topological polar surface area (TPSA) is 84.5 Å². The molecule has 0 spiro atoms. The highest BCUT2D eigenvalue weighted by atomic mass is 16.5. The second-order valence-electron chi connectivity index (χ2n) is 2.08. The van der Waals surface area contributed by atoms with E-state index in [4.69, 9.17) is 0 Å². The minimum atomic E-state index is -1.01. The first-order chi connectivity index (χ1) is 6.11. The summed E-state index contributed by atoms with van der Waals surface area (Å²) in [4.78, 5) is 32.0. The summed E-state index contributed by atoms with van der Waals surface area (Å²) in [5.74, 6) is -2.37. The number of nitrogens with one attached hydrogen (secondary N) is 2. The summed E-state index contributed by atoms with van der Waals surface area (Å²) in [6.07, 6.45) is 0.225. The molecule has 2 amide bonds. The third-order valence-electron chi connectivity index (χ3n) is 1.10. The number of esters is 1. The van der Waals surface area contributed by atoms with E-state index in [0.717, 1.165) is 0 Å². The lowest BCUT2D eigenvalue weighted by atomic mass is 10.5. The van der Waals surface area contributed by atoms with Gasteiger partial charge in [0.25, 0.3) is 0 Å². The maximum absolute atomic E-state index is 10.8. The largest absolute Gasteiger partial charge is 0.459 e. The minimum absolute atomic E-state index is 0.119. The molecule has 0 aliphatic heterocycles. The lowest BCUT2D eigenvalue weighted by molar-refractivity contribution is -0.155. The molecule has 0 aromatic heterocycles. The van der Waals surface area contributed by atoms with Crippen molar-refractivity contribution in [3.8, 4) is 0 Å². The Morgan fingerprint density at radius 2 is 1.77 bits per heavy atom. The molecule has 0 rings (SSSR count). The van der Waals surface area contributed by atoms with E-state index in [0.29, 0.717) is 0 Å². The first-order valence-corrected chi connectivity index (χ1v) is 3.87. The average molecular weight is 188 g/mol. The third-order valence-corrected chi connectivity index (χ3v) is 1.10. The second kappa shape index (κ2) is 5.99. The quantitative estimate of drug-likeness (QED) is 0.334. The predicted octanol–water partition coefficient (Wildman–Crippen LogP) is -0.893. The molecular weight excluding hydrogens is 176 g/mol. The highest BCUT2D eigenvalue weighted by Crippen LogP contribution is 1.77. The second-order valence-corrected chi connectivity index (χ2v) is 2.08. The van der Waals surface area contributed by atoms with Gasteiger partial charge in [-0.25, -0.2) is 4.79 Å². The highest BCUT2D eigenvalue weighted by molar-refractivity contribution is 6.32. The van der Waals surface area contributed by atoms with E-state index in [1.165, 1.54) is 0 Å². The van der Waals surface area contributed by atoms with E-state index in [9.17, 15) is 14.4 Å². The van der Waals surface area contributed by atoms with Gasteiger partial charge in [-0.1, -0.05) is 6.92 Å². The smallest absolute Gasteiger partial charge is 0.398 e. The van der Waals surface area contributed by atoms with E-state index in [-0.39, 0.29) is 18.9 Å². The van der Waals surface area contributed by atoms with Crippen LogP contribution in [0.3, 0.4) is 0 Å².